The van der Waals surface area contributed by atoms with E-state index in [-0.39, 0.29) is 29.0 Å². The number of ether oxygens (including phenoxy) is 2. The average Bonchev–Trinajstić information content (AvgIpc) is 2.30. The van der Waals surface area contributed by atoms with Crippen molar-refractivity contribution in [3.63, 3.8) is 0 Å². The molecule has 0 saturated heterocycles. The Hall–Kier alpha value is -1.40. The van der Waals surface area contributed by atoms with Crippen molar-refractivity contribution < 1.29 is 18.8 Å². The molecule has 98 valence electrons. The van der Waals surface area contributed by atoms with Gasteiger partial charge in [0.15, 0.2) is 11.6 Å². The summed E-state index contributed by atoms with van der Waals surface area (Å²) in [6, 6.07) is 3.26. The first kappa shape index (κ1) is 13.0. The summed E-state index contributed by atoms with van der Waals surface area (Å²) in [5, 5.41) is 10.3. The number of halogens is 2. The molecule has 2 rings (SSSR count). The minimum atomic E-state index is -0.767. The van der Waals surface area contributed by atoms with E-state index in [2.05, 4.69) is 0 Å². The molecule has 1 fully saturated rings. The Balaban J connectivity index is 2.09. The van der Waals surface area contributed by atoms with Crippen LogP contribution in [0.25, 0.3) is 0 Å². The number of methoxy groups -OCH3 is 1. The molecule has 0 spiro atoms. The summed E-state index contributed by atoms with van der Waals surface area (Å²) in [4.78, 5) is 9.79. The second kappa shape index (κ2) is 5.07. The molecule has 1 aliphatic carbocycles. The van der Waals surface area contributed by atoms with Crippen LogP contribution in [0.2, 0.25) is 0 Å². The Bertz CT molecular complexity index is 470. The fourth-order valence-electron chi connectivity index (χ4n) is 1.80. The molecule has 3 atom stereocenters. The second-order valence-corrected chi connectivity index (χ2v) is 4.54. The van der Waals surface area contributed by atoms with E-state index >= 15 is 0 Å². The maximum absolute atomic E-state index is 13.6. The normalized spacial score (nSPS) is 26.5. The number of alkyl halides is 1. The van der Waals surface area contributed by atoms with E-state index in [0.717, 1.165) is 6.07 Å². The van der Waals surface area contributed by atoms with Gasteiger partial charge in [-0.3, -0.25) is 10.1 Å². The summed E-state index contributed by atoms with van der Waals surface area (Å²) in [6.07, 6.45) is -0.0639. The fraction of sp³-hybridized carbons (Fsp3) is 0.455. The number of nitro groups is 1. The van der Waals surface area contributed by atoms with Crippen LogP contribution in [0.4, 0.5) is 10.1 Å². The first-order valence-electron chi connectivity index (χ1n) is 5.30. The number of benzene rings is 1. The third-order valence-corrected chi connectivity index (χ3v) is 3.28. The van der Waals surface area contributed by atoms with Gasteiger partial charge in [-0.1, -0.05) is 0 Å². The molecule has 5 nitrogen and oxygen atoms in total. The van der Waals surface area contributed by atoms with Crippen LogP contribution < -0.4 is 4.74 Å². The van der Waals surface area contributed by atoms with Crippen molar-refractivity contribution in [2.75, 3.05) is 7.11 Å². The lowest BCUT2D eigenvalue weighted by Gasteiger charge is -2.39. The van der Waals surface area contributed by atoms with Crippen molar-refractivity contribution in [3.8, 4) is 5.75 Å². The lowest BCUT2D eigenvalue weighted by Crippen LogP contribution is -2.52. The quantitative estimate of drug-likeness (QED) is 0.481. The molecule has 0 heterocycles. The molecule has 0 bridgehead atoms. The molecule has 1 aliphatic rings. The van der Waals surface area contributed by atoms with E-state index in [1.165, 1.54) is 19.2 Å². The van der Waals surface area contributed by atoms with Crippen molar-refractivity contribution in [2.24, 2.45) is 0 Å². The van der Waals surface area contributed by atoms with E-state index in [4.69, 9.17) is 21.1 Å². The third-order valence-electron chi connectivity index (χ3n) is 2.86. The number of rotatable bonds is 4. The van der Waals surface area contributed by atoms with Crippen LogP contribution in [-0.4, -0.2) is 29.6 Å². The van der Waals surface area contributed by atoms with E-state index < -0.39 is 10.7 Å². The van der Waals surface area contributed by atoms with Crippen molar-refractivity contribution in [3.05, 3.63) is 34.1 Å². The Morgan fingerprint density at radius 2 is 2.28 bits per heavy atom. The molecule has 0 aliphatic heterocycles. The number of nitrogens with zero attached hydrogens (tertiary/aromatic N) is 1. The van der Waals surface area contributed by atoms with Crippen molar-refractivity contribution in [2.45, 2.75) is 24.0 Å². The van der Waals surface area contributed by atoms with Crippen LogP contribution in [-0.2, 0) is 4.74 Å². The summed E-state index contributed by atoms with van der Waals surface area (Å²) in [5.41, 5.74) is -0.313. The van der Waals surface area contributed by atoms with Crippen molar-refractivity contribution in [1.29, 1.82) is 0 Å². The molecular formula is C11H11ClFNO4. The van der Waals surface area contributed by atoms with E-state index in [0.29, 0.717) is 6.42 Å². The monoisotopic (exact) mass is 275 g/mol. The fourth-order valence-corrected chi connectivity index (χ4v) is 2.24. The highest BCUT2D eigenvalue weighted by molar-refractivity contribution is 6.21. The molecular weight excluding hydrogens is 265 g/mol. The molecule has 0 N–H and O–H groups in total. The van der Waals surface area contributed by atoms with Crippen LogP contribution in [0, 0.1) is 15.9 Å². The van der Waals surface area contributed by atoms with Crippen LogP contribution in [0.3, 0.4) is 0 Å². The SMILES string of the molecule is COC1C(Cl)CC1Oc1ccc([N+](=O)[O-])cc1F. The van der Waals surface area contributed by atoms with E-state index in [1.807, 2.05) is 0 Å². The summed E-state index contributed by atoms with van der Waals surface area (Å²) in [6.45, 7) is 0. The number of nitro benzene ring substituents is 1. The molecule has 0 amide bonds. The number of hydrogen-bond donors (Lipinski definition) is 0. The van der Waals surface area contributed by atoms with Crippen LogP contribution in [0.1, 0.15) is 6.42 Å². The highest BCUT2D eigenvalue weighted by Crippen LogP contribution is 2.34. The first-order valence-corrected chi connectivity index (χ1v) is 5.74. The topological polar surface area (TPSA) is 61.6 Å². The average molecular weight is 276 g/mol. The summed E-state index contributed by atoms with van der Waals surface area (Å²) in [5.74, 6) is -0.798. The van der Waals surface area contributed by atoms with Gasteiger partial charge in [-0.2, -0.15) is 0 Å². The largest absolute Gasteiger partial charge is 0.485 e. The predicted octanol–water partition coefficient (Wildman–Crippen LogP) is 2.51. The Morgan fingerprint density at radius 3 is 2.78 bits per heavy atom. The lowest BCUT2D eigenvalue weighted by atomic mass is 9.91. The van der Waals surface area contributed by atoms with Gasteiger partial charge in [0.05, 0.1) is 16.4 Å². The lowest BCUT2D eigenvalue weighted by molar-refractivity contribution is -0.385. The van der Waals surface area contributed by atoms with Gasteiger partial charge in [-0.15, -0.1) is 11.6 Å². The summed E-state index contributed by atoms with van der Waals surface area (Å²) >= 11 is 5.89. The van der Waals surface area contributed by atoms with Gasteiger partial charge in [0.1, 0.15) is 12.2 Å². The van der Waals surface area contributed by atoms with Crippen LogP contribution in [0.15, 0.2) is 18.2 Å². The Labute approximate surface area is 108 Å². The van der Waals surface area contributed by atoms with Gasteiger partial charge in [-0.25, -0.2) is 4.39 Å². The maximum atomic E-state index is 13.6. The zero-order chi connectivity index (χ0) is 13.3. The van der Waals surface area contributed by atoms with Gasteiger partial charge in [-0.05, 0) is 6.07 Å². The zero-order valence-corrected chi connectivity index (χ0v) is 10.3. The molecule has 1 saturated carbocycles. The summed E-state index contributed by atoms with van der Waals surface area (Å²) in [7, 11) is 1.50. The van der Waals surface area contributed by atoms with Crippen LogP contribution in [0.5, 0.6) is 5.75 Å². The van der Waals surface area contributed by atoms with Gasteiger partial charge >= 0.3 is 0 Å². The maximum Gasteiger partial charge on any atom is 0.272 e. The molecule has 1 aromatic carbocycles. The molecule has 0 radical (unpaired) electrons. The molecule has 0 aromatic heterocycles. The summed E-state index contributed by atoms with van der Waals surface area (Å²) < 4.78 is 24.0. The number of hydrogen-bond acceptors (Lipinski definition) is 4. The number of non-ortho nitro benzene ring substituents is 1. The Kier molecular flexibility index (Phi) is 3.68. The van der Waals surface area contributed by atoms with Gasteiger partial charge in [0.25, 0.3) is 5.69 Å². The highest BCUT2D eigenvalue weighted by atomic mass is 35.5. The van der Waals surface area contributed by atoms with Crippen molar-refractivity contribution in [1.82, 2.24) is 0 Å². The van der Waals surface area contributed by atoms with Gasteiger partial charge in [0, 0.05) is 19.6 Å². The Morgan fingerprint density at radius 1 is 1.56 bits per heavy atom. The van der Waals surface area contributed by atoms with Gasteiger partial charge in [0.2, 0.25) is 0 Å². The minimum absolute atomic E-state index is 0.0313. The minimum Gasteiger partial charge on any atom is -0.485 e. The highest BCUT2D eigenvalue weighted by Gasteiger charge is 2.42. The van der Waals surface area contributed by atoms with Gasteiger partial charge < -0.3 is 9.47 Å². The van der Waals surface area contributed by atoms with E-state index in [1.54, 1.807) is 0 Å². The third kappa shape index (κ3) is 2.39. The standard InChI is InChI=1S/C11H11ClFNO4/c1-17-11-7(12)5-10(11)18-9-3-2-6(14(15)16)4-8(9)13/h2-4,7,10-11H,5H2,1H3. The molecule has 1 aromatic rings. The molecule has 7 heteroatoms. The van der Waals surface area contributed by atoms with Crippen LogP contribution >= 0.6 is 11.6 Å². The smallest absolute Gasteiger partial charge is 0.272 e. The van der Waals surface area contributed by atoms with Crippen molar-refractivity contribution >= 4 is 17.3 Å². The zero-order valence-electron chi connectivity index (χ0n) is 9.51. The van der Waals surface area contributed by atoms with E-state index in [9.17, 15) is 14.5 Å². The second-order valence-electron chi connectivity index (χ2n) is 3.98. The predicted molar refractivity (Wildman–Crippen MR) is 62.5 cm³/mol. The molecule has 18 heavy (non-hydrogen) atoms. The molecule has 3 unspecified atom stereocenters. The first-order chi connectivity index (χ1) is 8.52.